The number of hydrogen-bond acceptors (Lipinski definition) is 0. The van der Waals surface area contributed by atoms with Crippen molar-refractivity contribution in [3.8, 4) is 0 Å². The van der Waals surface area contributed by atoms with Crippen LogP contribution in [0.3, 0.4) is 0 Å². The van der Waals surface area contributed by atoms with Gasteiger partial charge in [0.25, 0.3) is 0 Å². The van der Waals surface area contributed by atoms with Gasteiger partial charge in [0.1, 0.15) is 0 Å². The zero-order chi connectivity index (χ0) is 7.80. The van der Waals surface area contributed by atoms with Gasteiger partial charge in [-0.1, -0.05) is 27.2 Å². The summed E-state index contributed by atoms with van der Waals surface area (Å²) in [6.07, 6.45) is 3.02. The molecule has 11 heavy (non-hydrogen) atoms. The Morgan fingerprint density at radius 1 is 1.36 bits per heavy atom. The van der Waals surface area contributed by atoms with Gasteiger partial charge < -0.3 is 0 Å². The minimum Gasteiger partial charge on any atom is -0.0651 e. The molecule has 0 heteroatoms. The van der Waals surface area contributed by atoms with Crippen molar-refractivity contribution in [1.82, 2.24) is 0 Å². The van der Waals surface area contributed by atoms with Crippen LogP contribution in [-0.4, -0.2) is 0 Å². The third-order valence-electron chi connectivity index (χ3n) is 5.14. The molecule has 3 rings (SSSR count). The van der Waals surface area contributed by atoms with Crippen molar-refractivity contribution >= 4 is 0 Å². The largest absolute Gasteiger partial charge is 0.0651 e. The lowest BCUT2D eigenvalue weighted by atomic mass is 9.98. The Labute approximate surface area is 69.4 Å². The van der Waals surface area contributed by atoms with Crippen molar-refractivity contribution in [3.63, 3.8) is 0 Å². The molecule has 0 N–H and O–H groups in total. The highest BCUT2D eigenvalue weighted by atomic mass is 14.9. The van der Waals surface area contributed by atoms with Gasteiger partial charge in [-0.3, -0.25) is 0 Å². The summed E-state index contributed by atoms with van der Waals surface area (Å²) in [4.78, 5) is 0. The van der Waals surface area contributed by atoms with E-state index in [9.17, 15) is 0 Å². The molecule has 0 nitrogen and oxygen atoms in total. The van der Waals surface area contributed by atoms with Crippen molar-refractivity contribution in [3.05, 3.63) is 0 Å². The quantitative estimate of drug-likeness (QED) is 0.539. The Kier molecular flexibility index (Phi) is 0.906. The average Bonchev–Trinajstić information content (AvgIpc) is 2.72. The Bertz CT molecular complexity index is 208. The van der Waals surface area contributed by atoms with Crippen LogP contribution in [0.1, 0.15) is 33.6 Å². The summed E-state index contributed by atoms with van der Waals surface area (Å²) in [5.74, 6) is 5.64. The first kappa shape index (κ1) is 6.51. The van der Waals surface area contributed by atoms with E-state index in [2.05, 4.69) is 20.8 Å². The highest BCUT2D eigenvalue weighted by Gasteiger charge is 2.85. The third-order valence-corrected chi connectivity index (χ3v) is 5.14. The van der Waals surface area contributed by atoms with Crippen LogP contribution in [0.4, 0.5) is 0 Å². The Morgan fingerprint density at radius 3 is 2.55 bits per heavy atom. The highest BCUT2D eigenvalue weighted by molar-refractivity contribution is 5.32. The molecular formula is C11H18. The minimum atomic E-state index is 0.925. The van der Waals surface area contributed by atoms with Gasteiger partial charge in [-0.05, 0) is 41.4 Å². The van der Waals surface area contributed by atoms with E-state index in [4.69, 9.17) is 0 Å². The minimum absolute atomic E-state index is 0.925. The molecule has 0 aliphatic heterocycles. The van der Waals surface area contributed by atoms with E-state index >= 15 is 0 Å². The molecule has 1 spiro atoms. The Morgan fingerprint density at radius 2 is 2.09 bits per heavy atom. The first-order valence-electron chi connectivity index (χ1n) is 5.24. The van der Waals surface area contributed by atoms with Crippen LogP contribution < -0.4 is 0 Å². The fraction of sp³-hybridized carbons (Fsp3) is 1.00. The third kappa shape index (κ3) is 0.443. The molecule has 0 aromatic rings. The van der Waals surface area contributed by atoms with Crippen LogP contribution >= 0.6 is 0 Å². The average molecular weight is 150 g/mol. The standard InChI is InChI=1S/C11H18/c1-4-8-9-5-6(2)10-7(3)11(8,9)10/h6-10H,4-5H2,1-3H3. The van der Waals surface area contributed by atoms with E-state index < -0.39 is 0 Å². The summed E-state index contributed by atoms with van der Waals surface area (Å²) in [6, 6.07) is 0. The van der Waals surface area contributed by atoms with Crippen molar-refractivity contribution in [1.29, 1.82) is 0 Å². The molecule has 3 fully saturated rings. The summed E-state index contributed by atoms with van der Waals surface area (Å²) in [5.41, 5.74) is 0.925. The van der Waals surface area contributed by atoms with Gasteiger partial charge in [-0.2, -0.15) is 0 Å². The van der Waals surface area contributed by atoms with Gasteiger partial charge in [0.05, 0.1) is 0 Å². The molecule has 0 radical (unpaired) electrons. The van der Waals surface area contributed by atoms with Gasteiger partial charge in [-0.25, -0.2) is 0 Å². The summed E-state index contributed by atoms with van der Waals surface area (Å²) in [7, 11) is 0. The second kappa shape index (κ2) is 1.53. The van der Waals surface area contributed by atoms with Gasteiger partial charge in [0.15, 0.2) is 0 Å². The zero-order valence-corrected chi connectivity index (χ0v) is 7.80. The molecule has 0 saturated heterocycles. The van der Waals surface area contributed by atoms with E-state index in [1.54, 1.807) is 6.42 Å². The van der Waals surface area contributed by atoms with E-state index in [0.29, 0.717) is 0 Å². The molecule has 6 atom stereocenters. The molecule has 6 unspecified atom stereocenters. The maximum Gasteiger partial charge on any atom is -0.0173 e. The smallest absolute Gasteiger partial charge is 0.0173 e. The van der Waals surface area contributed by atoms with E-state index in [0.717, 1.165) is 29.1 Å². The van der Waals surface area contributed by atoms with Gasteiger partial charge in [0, 0.05) is 0 Å². The molecular weight excluding hydrogens is 132 g/mol. The molecule has 0 amide bonds. The fourth-order valence-electron chi connectivity index (χ4n) is 4.94. The molecule has 0 bridgehead atoms. The van der Waals surface area contributed by atoms with E-state index in [1.807, 2.05) is 0 Å². The molecule has 0 aromatic heterocycles. The van der Waals surface area contributed by atoms with Gasteiger partial charge >= 0.3 is 0 Å². The highest BCUT2D eigenvalue weighted by Crippen LogP contribution is 2.89. The Balaban J connectivity index is 1.89. The second-order valence-corrected chi connectivity index (χ2v) is 5.15. The summed E-state index contributed by atoms with van der Waals surface area (Å²) in [5, 5.41) is 0. The fourth-order valence-corrected chi connectivity index (χ4v) is 4.94. The molecule has 3 aliphatic rings. The lowest BCUT2D eigenvalue weighted by molar-refractivity contribution is 0.426. The monoisotopic (exact) mass is 150 g/mol. The maximum atomic E-state index is 2.49. The summed E-state index contributed by atoms with van der Waals surface area (Å²) in [6.45, 7) is 7.34. The van der Waals surface area contributed by atoms with Crippen LogP contribution in [0.15, 0.2) is 0 Å². The topological polar surface area (TPSA) is 0 Å². The van der Waals surface area contributed by atoms with Crippen LogP contribution in [0, 0.1) is 35.0 Å². The van der Waals surface area contributed by atoms with Gasteiger partial charge in [-0.15, -0.1) is 0 Å². The summed E-state index contributed by atoms with van der Waals surface area (Å²) >= 11 is 0. The van der Waals surface area contributed by atoms with Gasteiger partial charge in [0.2, 0.25) is 0 Å². The Hall–Kier alpha value is 0. The van der Waals surface area contributed by atoms with Crippen molar-refractivity contribution in [2.75, 3.05) is 0 Å². The van der Waals surface area contributed by atoms with Crippen LogP contribution in [0.2, 0.25) is 0 Å². The lowest BCUT2D eigenvalue weighted by Crippen LogP contribution is -1.99. The molecule has 3 aliphatic carbocycles. The number of hydrogen-bond donors (Lipinski definition) is 0. The van der Waals surface area contributed by atoms with Crippen molar-refractivity contribution in [2.24, 2.45) is 35.0 Å². The first-order valence-corrected chi connectivity index (χ1v) is 5.24. The summed E-state index contributed by atoms with van der Waals surface area (Å²) < 4.78 is 0. The molecule has 0 aromatic carbocycles. The molecule has 62 valence electrons. The normalized spacial score (nSPS) is 70.6. The van der Waals surface area contributed by atoms with Crippen molar-refractivity contribution < 1.29 is 0 Å². The second-order valence-electron chi connectivity index (χ2n) is 5.15. The van der Waals surface area contributed by atoms with E-state index in [1.165, 1.54) is 12.3 Å². The SMILES string of the molecule is CCC1C2CC(C)C3C(C)C123. The van der Waals surface area contributed by atoms with E-state index in [-0.39, 0.29) is 0 Å². The van der Waals surface area contributed by atoms with Crippen LogP contribution in [0.5, 0.6) is 0 Å². The first-order chi connectivity index (χ1) is 5.24. The van der Waals surface area contributed by atoms with Crippen LogP contribution in [-0.2, 0) is 0 Å². The molecule has 3 saturated carbocycles. The number of rotatable bonds is 1. The lowest BCUT2D eigenvalue weighted by Gasteiger charge is -2.07. The maximum absolute atomic E-state index is 2.49. The van der Waals surface area contributed by atoms with Crippen LogP contribution in [0.25, 0.3) is 0 Å². The molecule has 0 heterocycles. The predicted octanol–water partition coefficient (Wildman–Crippen LogP) is 2.93. The predicted molar refractivity (Wildman–Crippen MR) is 46.1 cm³/mol. The zero-order valence-electron chi connectivity index (χ0n) is 7.80. The van der Waals surface area contributed by atoms with Crippen molar-refractivity contribution in [2.45, 2.75) is 33.6 Å².